The van der Waals surface area contributed by atoms with Gasteiger partial charge in [0.15, 0.2) is 0 Å². The molecule has 72 valence electrons. The van der Waals surface area contributed by atoms with Crippen LogP contribution in [0.25, 0.3) is 10.8 Å². The van der Waals surface area contributed by atoms with Crippen molar-refractivity contribution in [2.75, 3.05) is 0 Å². The van der Waals surface area contributed by atoms with E-state index in [9.17, 15) is 0 Å². The minimum Gasteiger partial charge on any atom is -0.198 e. The van der Waals surface area contributed by atoms with Crippen LogP contribution in [0.2, 0.25) is 0 Å². The minimum absolute atomic E-state index is 0.514. The number of aryl methyl sites for hydroxylation is 2. The molecule has 0 atom stereocenters. The zero-order chi connectivity index (χ0) is 10.3. The van der Waals surface area contributed by atoms with E-state index in [0.29, 0.717) is 6.42 Å². The maximum atomic E-state index is 8.78. The Balaban J connectivity index is 2.39. The van der Waals surface area contributed by atoms with Crippen molar-refractivity contribution in [3.8, 4) is 6.07 Å². The van der Waals surface area contributed by atoms with E-state index in [-0.39, 0.29) is 0 Å². The predicted octanol–water partition coefficient (Wildman–Crippen LogP) is 3.00. The van der Waals surface area contributed by atoms with Gasteiger partial charge in [-0.2, -0.15) is 5.26 Å². The molecule has 1 aliphatic rings. The second kappa shape index (κ2) is 3.10. The maximum Gasteiger partial charge on any atom is 0.0669 e. The lowest BCUT2D eigenvalue weighted by molar-refractivity contribution is 1.02. The molecular formula is C14H11N. The molecule has 0 aliphatic heterocycles. The standard InChI is InChI=1S/C14H11N/c15-9-8-10-4-5-12-7-6-11-2-1-3-13(10)14(11)12/h1-5H,6-8H2. The van der Waals surface area contributed by atoms with Crippen LogP contribution >= 0.6 is 0 Å². The molecule has 0 bridgehead atoms. The normalized spacial score (nSPS) is 13.0. The highest BCUT2D eigenvalue weighted by atomic mass is 14.2. The number of benzene rings is 2. The Labute approximate surface area is 89.0 Å². The van der Waals surface area contributed by atoms with Crippen molar-refractivity contribution in [3.05, 3.63) is 47.0 Å². The molecule has 2 aromatic carbocycles. The Morgan fingerprint density at radius 2 is 1.87 bits per heavy atom. The number of nitriles is 1. The van der Waals surface area contributed by atoms with Crippen molar-refractivity contribution in [1.29, 1.82) is 5.26 Å². The molecule has 1 aliphatic carbocycles. The summed E-state index contributed by atoms with van der Waals surface area (Å²) in [5.74, 6) is 0. The van der Waals surface area contributed by atoms with Gasteiger partial charge in [-0.15, -0.1) is 0 Å². The molecule has 0 saturated carbocycles. The Morgan fingerprint density at radius 3 is 2.67 bits per heavy atom. The summed E-state index contributed by atoms with van der Waals surface area (Å²) in [6.07, 6.45) is 2.82. The van der Waals surface area contributed by atoms with Crippen LogP contribution in [0.3, 0.4) is 0 Å². The zero-order valence-corrected chi connectivity index (χ0v) is 8.46. The van der Waals surface area contributed by atoms with Crippen LogP contribution in [0, 0.1) is 11.3 Å². The Morgan fingerprint density at radius 1 is 1.07 bits per heavy atom. The van der Waals surface area contributed by atoms with Gasteiger partial charge in [0.05, 0.1) is 12.5 Å². The maximum absolute atomic E-state index is 8.78. The van der Waals surface area contributed by atoms with E-state index >= 15 is 0 Å². The van der Waals surface area contributed by atoms with E-state index < -0.39 is 0 Å². The van der Waals surface area contributed by atoms with Gasteiger partial charge in [0.25, 0.3) is 0 Å². The lowest BCUT2D eigenvalue weighted by atomic mass is 9.99. The van der Waals surface area contributed by atoms with Crippen molar-refractivity contribution in [1.82, 2.24) is 0 Å². The van der Waals surface area contributed by atoms with Gasteiger partial charge in [0.1, 0.15) is 0 Å². The molecule has 3 rings (SSSR count). The largest absolute Gasteiger partial charge is 0.198 e. The van der Waals surface area contributed by atoms with Crippen molar-refractivity contribution in [2.24, 2.45) is 0 Å². The topological polar surface area (TPSA) is 23.8 Å². The average Bonchev–Trinajstić information content (AvgIpc) is 2.68. The van der Waals surface area contributed by atoms with Crippen molar-refractivity contribution in [2.45, 2.75) is 19.3 Å². The van der Waals surface area contributed by atoms with Gasteiger partial charge in [-0.05, 0) is 40.3 Å². The summed E-state index contributed by atoms with van der Waals surface area (Å²) in [6.45, 7) is 0. The highest BCUT2D eigenvalue weighted by Gasteiger charge is 2.15. The highest BCUT2D eigenvalue weighted by Crippen LogP contribution is 2.32. The minimum atomic E-state index is 0.514. The number of hydrogen-bond acceptors (Lipinski definition) is 1. The SMILES string of the molecule is N#CCc1ccc2c3c(cccc13)CC2. The van der Waals surface area contributed by atoms with E-state index in [4.69, 9.17) is 5.26 Å². The molecule has 0 aromatic heterocycles. The second-order valence-corrected chi connectivity index (χ2v) is 4.06. The van der Waals surface area contributed by atoms with Crippen molar-refractivity contribution >= 4 is 10.8 Å². The summed E-state index contributed by atoms with van der Waals surface area (Å²) < 4.78 is 0. The summed E-state index contributed by atoms with van der Waals surface area (Å²) in [7, 11) is 0. The molecule has 0 fully saturated rings. The van der Waals surface area contributed by atoms with Crippen molar-refractivity contribution < 1.29 is 0 Å². The van der Waals surface area contributed by atoms with Gasteiger partial charge in [0.2, 0.25) is 0 Å². The molecule has 0 radical (unpaired) electrons. The Bertz CT molecular complexity index is 565. The van der Waals surface area contributed by atoms with Gasteiger partial charge in [-0.3, -0.25) is 0 Å². The first-order chi connectivity index (χ1) is 7.40. The molecular weight excluding hydrogens is 182 g/mol. The summed E-state index contributed by atoms with van der Waals surface area (Å²) >= 11 is 0. The third-order valence-corrected chi connectivity index (χ3v) is 3.24. The number of nitrogens with zero attached hydrogens (tertiary/aromatic N) is 1. The molecule has 0 unspecified atom stereocenters. The smallest absolute Gasteiger partial charge is 0.0669 e. The Hall–Kier alpha value is -1.81. The van der Waals surface area contributed by atoms with Crippen LogP contribution in [0.4, 0.5) is 0 Å². The van der Waals surface area contributed by atoms with E-state index in [1.54, 1.807) is 0 Å². The van der Waals surface area contributed by atoms with Crippen molar-refractivity contribution in [3.63, 3.8) is 0 Å². The Kier molecular flexibility index (Phi) is 1.76. The zero-order valence-electron chi connectivity index (χ0n) is 8.46. The fourth-order valence-electron chi connectivity index (χ4n) is 2.55. The first-order valence-corrected chi connectivity index (χ1v) is 5.29. The molecule has 0 N–H and O–H groups in total. The molecule has 2 aromatic rings. The molecule has 1 heteroatoms. The number of hydrogen-bond donors (Lipinski definition) is 0. The molecule has 1 nitrogen and oxygen atoms in total. The summed E-state index contributed by atoms with van der Waals surface area (Å²) in [5.41, 5.74) is 4.06. The van der Waals surface area contributed by atoms with Crippen LogP contribution in [0.5, 0.6) is 0 Å². The van der Waals surface area contributed by atoms with Crippen LogP contribution in [0.15, 0.2) is 30.3 Å². The molecule has 0 spiro atoms. The lowest BCUT2D eigenvalue weighted by Gasteiger charge is -2.05. The highest BCUT2D eigenvalue weighted by molar-refractivity contribution is 5.93. The van der Waals surface area contributed by atoms with Gasteiger partial charge < -0.3 is 0 Å². The summed E-state index contributed by atoms with van der Waals surface area (Å²) in [4.78, 5) is 0. The van der Waals surface area contributed by atoms with Gasteiger partial charge in [-0.25, -0.2) is 0 Å². The van der Waals surface area contributed by atoms with Crippen LogP contribution in [0.1, 0.15) is 16.7 Å². The van der Waals surface area contributed by atoms with Crippen LogP contribution < -0.4 is 0 Å². The summed E-state index contributed by atoms with van der Waals surface area (Å²) in [6, 6.07) is 13.0. The first-order valence-electron chi connectivity index (χ1n) is 5.29. The van der Waals surface area contributed by atoms with Crippen LogP contribution in [-0.2, 0) is 19.3 Å². The first kappa shape index (κ1) is 8.49. The number of rotatable bonds is 1. The quantitative estimate of drug-likeness (QED) is 0.683. The van der Waals surface area contributed by atoms with E-state index in [2.05, 4.69) is 36.4 Å². The molecule has 0 saturated heterocycles. The molecule has 0 heterocycles. The fraction of sp³-hybridized carbons (Fsp3) is 0.214. The molecule has 0 amide bonds. The average molecular weight is 193 g/mol. The predicted molar refractivity (Wildman–Crippen MR) is 60.7 cm³/mol. The van der Waals surface area contributed by atoms with E-state index in [0.717, 1.165) is 12.8 Å². The van der Waals surface area contributed by atoms with E-state index in [1.807, 2.05) is 0 Å². The van der Waals surface area contributed by atoms with E-state index in [1.165, 1.54) is 27.5 Å². The molecule has 15 heavy (non-hydrogen) atoms. The fourth-order valence-corrected chi connectivity index (χ4v) is 2.55. The van der Waals surface area contributed by atoms with Crippen LogP contribution in [-0.4, -0.2) is 0 Å². The monoisotopic (exact) mass is 193 g/mol. The third-order valence-electron chi connectivity index (χ3n) is 3.24. The second-order valence-electron chi connectivity index (χ2n) is 4.06. The van der Waals surface area contributed by atoms with Gasteiger partial charge >= 0.3 is 0 Å². The summed E-state index contributed by atoms with van der Waals surface area (Å²) in [5, 5.41) is 11.5. The third kappa shape index (κ3) is 1.15. The van der Waals surface area contributed by atoms with Gasteiger partial charge in [-0.1, -0.05) is 30.3 Å². The van der Waals surface area contributed by atoms with Gasteiger partial charge in [0, 0.05) is 0 Å². The lowest BCUT2D eigenvalue weighted by Crippen LogP contribution is -1.87.